The van der Waals surface area contributed by atoms with Crippen LogP contribution >= 0.6 is 0 Å². The Morgan fingerprint density at radius 1 is 1.41 bits per heavy atom. The van der Waals surface area contributed by atoms with Crippen LogP contribution < -0.4 is 5.32 Å². The van der Waals surface area contributed by atoms with E-state index in [-0.39, 0.29) is 5.95 Å². The fraction of sp³-hybridized carbons (Fsp3) is 0.400. The molecular weight excluding hydrogens is 222 g/mol. The molecule has 2 heterocycles. The van der Waals surface area contributed by atoms with Crippen LogP contribution in [0.25, 0.3) is 11.2 Å². The molecule has 0 aliphatic heterocycles. The number of ether oxygens (including phenoxy) is 1. The van der Waals surface area contributed by atoms with Crippen molar-refractivity contribution in [1.29, 1.82) is 0 Å². The van der Waals surface area contributed by atoms with Gasteiger partial charge in [0.15, 0.2) is 5.65 Å². The Bertz CT molecular complexity index is 543. The van der Waals surface area contributed by atoms with Gasteiger partial charge in [0.2, 0.25) is 5.95 Å². The number of nitrogens with one attached hydrogen (secondary N) is 2. The first-order valence-corrected chi connectivity index (χ1v) is 5.10. The Balaban J connectivity index is 2.10. The van der Waals surface area contributed by atoms with Gasteiger partial charge in [0, 0.05) is 0 Å². The lowest BCUT2D eigenvalue weighted by molar-refractivity contribution is 0.0634. The summed E-state index contributed by atoms with van der Waals surface area (Å²) in [6.45, 7) is 5.35. The van der Waals surface area contributed by atoms with E-state index in [0.29, 0.717) is 11.2 Å². The highest BCUT2D eigenvalue weighted by atomic mass is 16.6. The van der Waals surface area contributed by atoms with Crippen LogP contribution in [0.5, 0.6) is 0 Å². The Morgan fingerprint density at radius 2 is 2.18 bits per heavy atom. The van der Waals surface area contributed by atoms with Crippen molar-refractivity contribution >= 4 is 23.2 Å². The molecular formula is C10H13N5O2. The summed E-state index contributed by atoms with van der Waals surface area (Å²) < 4.78 is 5.08. The Labute approximate surface area is 97.6 Å². The number of aromatic nitrogens is 4. The van der Waals surface area contributed by atoms with Gasteiger partial charge in [-0.25, -0.2) is 14.8 Å². The highest BCUT2D eigenvalue weighted by Crippen LogP contribution is 2.10. The SMILES string of the molecule is CC(C)(C)OC(=O)Nc1ncc2[nH]cnc2n1. The van der Waals surface area contributed by atoms with Crippen molar-refractivity contribution in [2.24, 2.45) is 0 Å². The molecule has 90 valence electrons. The highest BCUT2D eigenvalue weighted by Gasteiger charge is 2.17. The number of hydrogen-bond donors (Lipinski definition) is 2. The Kier molecular flexibility index (Phi) is 2.66. The standard InChI is InChI=1S/C10H13N5O2/c1-10(2,3)17-9(16)15-8-11-4-6-7(14-8)13-5-12-6/h4-5H,1-3H3,(H2,11,12,13,14,15,16). The first-order valence-electron chi connectivity index (χ1n) is 5.10. The van der Waals surface area contributed by atoms with Gasteiger partial charge in [0.1, 0.15) is 11.1 Å². The largest absolute Gasteiger partial charge is 0.444 e. The summed E-state index contributed by atoms with van der Waals surface area (Å²) in [6.07, 6.45) is 2.46. The minimum atomic E-state index is -0.590. The second-order valence-electron chi connectivity index (χ2n) is 4.46. The zero-order chi connectivity index (χ0) is 12.5. The summed E-state index contributed by atoms with van der Waals surface area (Å²) in [7, 11) is 0. The van der Waals surface area contributed by atoms with Gasteiger partial charge >= 0.3 is 6.09 Å². The van der Waals surface area contributed by atoms with E-state index in [1.807, 2.05) is 0 Å². The van der Waals surface area contributed by atoms with E-state index in [4.69, 9.17) is 4.74 Å². The van der Waals surface area contributed by atoms with E-state index in [2.05, 4.69) is 25.3 Å². The van der Waals surface area contributed by atoms with Crippen LogP contribution in [0.3, 0.4) is 0 Å². The molecule has 7 heteroatoms. The average Bonchev–Trinajstić information content (AvgIpc) is 2.61. The van der Waals surface area contributed by atoms with Crippen LogP contribution in [0.1, 0.15) is 20.8 Å². The van der Waals surface area contributed by atoms with Crippen LogP contribution in [-0.2, 0) is 4.74 Å². The molecule has 0 unspecified atom stereocenters. The predicted octanol–water partition coefficient (Wildman–Crippen LogP) is 1.70. The molecule has 0 spiro atoms. The second kappa shape index (κ2) is 4.00. The molecule has 0 aliphatic rings. The molecule has 0 aliphatic carbocycles. The van der Waals surface area contributed by atoms with Gasteiger partial charge in [-0.3, -0.25) is 5.32 Å². The number of imidazole rings is 1. The first-order chi connectivity index (χ1) is 7.94. The topological polar surface area (TPSA) is 92.8 Å². The minimum absolute atomic E-state index is 0.166. The highest BCUT2D eigenvalue weighted by molar-refractivity contribution is 5.83. The van der Waals surface area contributed by atoms with Gasteiger partial charge in [0.25, 0.3) is 0 Å². The molecule has 2 aromatic heterocycles. The van der Waals surface area contributed by atoms with Gasteiger partial charge in [0.05, 0.1) is 12.5 Å². The Hall–Kier alpha value is -2.18. The van der Waals surface area contributed by atoms with Crippen LogP contribution in [0.15, 0.2) is 12.5 Å². The lowest BCUT2D eigenvalue weighted by atomic mass is 10.2. The lowest BCUT2D eigenvalue weighted by Crippen LogP contribution is -2.27. The number of carbonyl (C=O) groups excluding carboxylic acids is 1. The van der Waals surface area contributed by atoms with Crippen molar-refractivity contribution in [3.05, 3.63) is 12.5 Å². The summed E-state index contributed by atoms with van der Waals surface area (Å²) >= 11 is 0. The molecule has 0 fully saturated rings. The summed E-state index contributed by atoms with van der Waals surface area (Å²) in [5.74, 6) is 0.166. The third kappa shape index (κ3) is 2.90. The lowest BCUT2D eigenvalue weighted by Gasteiger charge is -2.19. The number of rotatable bonds is 1. The maximum Gasteiger partial charge on any atom is 0.414 e. The summed E-state index contributed by atoms with van der Waals surface area (Å²) in [4.78, 5) is 26.3. The zero-order valence-corrected chi connectivity index (χ0v) is 9.81. The third-order valence-electron chi connectivity index (χ3n) is 1.79. The van der Waals surface area contributed by atoms with Crippen LogP contribution in [0, 0.1) is 0 Å². The number of H-pyrrole nitrogens is 1. The molecule has 0 saturated heterocycles. The second-order valence-corrected chi connectivity index (χ2v) is 4.46. The molecule has 17 heavy (non-hydrogen) atoms. The number of carbonyl (C=O) groups is 1. The molecule has 0 atom stereocenters. The van der Waals surface area contributed by atoms with Gasteiger partial charge in [-0.2, -0.15) is 4.98 Å². The molecule has 7 nitrogen and oxygen atoms in total. The fourth-order valence-electron chi connectivity index (χ4n) is 1.19. The van der Waals surface area contributed by atoms with Gasteiger partial charge in [-0.1, -0.05) is 0 Å². The van der Waals surface area contributed by atoms with Crippen molar-refractivity contribution in [2.45, 2.75) is 26.4 Å². The maximum absolute atomic E-state index is 11.5. The zero-order valence-electron chi connectivity index (χ0n) is 9.81. The average molecular weight is 235 g/mol. The summed E-state index contributed by atoms with van der Waals surface area (Å²) in [5.41, 5.74) is 0.645. The Morgan fingerprint density at radius 3 is 2.88 bits per heavy atom. The first kappa shape index (κ1) is 11.3. The number of fused-ring (bicyclic) bond motifs is 1. The minimum Gasteiger partial charge on any atom is -0.444 e. The number of aromatic amines is 1. The van der Waals surface area contributed by atoms with E-state index in [0.717, 1.165) is 0 Å². The van der Waals surface area contributed by atoms with E-state index in [1.165, 1.54) is 6.33 Å². The van der Waals surface area contributed by atoms with Crippen molar-refractivity contribution in [1.82, 2.24) is 19.9 Å². The number of amides is 1. The molecule has 2 aromatic rings. The van der Waals surface area contributed by atoms with Crippen LogP contribution in [0.2, 0.25) is 0 Å². The fourth-order valence-corrected chi connectivity index (χ4v) is 1.19. The van der Waals surface area contributed by atoms with Crippen molar-refractivity contribution in [3.8, 4) is 0 Å². The smallest absolute Gasteiger partial charge is 0.414 e. The van der Waals surface area contributed by atoms with Gasteiger partial charge in [-0.15, -0.1) is 0 Å². The van der Waals surface area contributed by atoms with E-state index in [9.17, 15) is 4.79 Å². The number of hydrogen-bond acceptors (Lipinski definition) is 5. The van der Waals surface area contributed by atoms with E-state index in [1.54, 1.807) is 27.0 Å². The van der Waals surface area contributed by atoms with Crippen molar-refractivity contribution < 1.29 is 9.53 Å². The molecule has 2 rings (SSSR count). The maximum atomic E-state index is 11.5. The number of nitrogens with zero attached hydrogens (tertiary/aromatic N) is 3. The van der Waals surface area contributed by atoms with Gasteiger partial charge in [-0.05, 0) is 20.8 Å². The predicted molar refractivity (Wildman–Crippen MR) is 61.5 cm³/mol. The molecule has 1 amide bonds. The van der Waals surface area contributed by atoms with Crippen LogP contribution in [0.4, 0.5) is 10.7 Å². The summed E-state index contributed by atoms with van der Waals surface area (Å²) in [6, 6.07) is 0. The summed E-state index contributed by atoms with van der Waals surface area (Å²) in [5, 5.41) is 2.44. The normalized spacial score (nSPS) is 11.5. The quantitative estimate of drug-likeness (QED) is 0.784. The van der Waals surface area contributed by atoms with Gasteiger partial charge < -0.3 is 9.72 Å². The van der Waals surface area contributed by atoms with Crippen LogP contribution in [-0.4, -0.2) is 31.6 Å². The van der Waals surface area contributed by atoms with E-state index < -0.39 is 11.7 Å². The third-order valence-corrected chi connectivity index (χ3v) is 1.79. The number of anilines is 1. The van der Waals surface area contributed by atoms with E-state index >= 15 is 0 Å². The molecule has 0 radical (unpaired) electrons. The van der Waals surface area contributed by atoms with Crippen molar-refractivity contribution in [3.63, 3.8) is 0 Å². The van der Waals surface area contributed by atoms with Crippen molar-refractivity contribution in [2.75, 3.05) is 5.32 Å². The molecule has 0 saturated carbocycles. The monoisotopic (exact) mass is 235 g/mol. The molecule has 0 aromatic carbocycles. The molecule has 2 N–H and O–H groups in total. The molecule has 0 bridgehead atoms.